The van der Waals surface area contributed by atoms with Gasteiger partial charge in [0.2, 0.25) is 0 Å². The van der Waals surface area contributed by atoms with Crippen molar-refractivity contribution in [3.8, 4) is 5.75 Å². The molecule has 0 saturated heterocycles. The summed E-state index contributed by atoms with van der Waals surface area (Å²) in [4.78, 5) is 10.7. The number of carboxylic acids is 1. The van der Waals surface area contributed by atoms with Gasteiger partial charge < -0.3 is 10.2 Å². The van der Waals surface area contributed by atoms with Crippen LogP contribution in [-0.4, -0.2) is 16.2 Å². The highest BCUT2D eigenvalue weighted by molar-refractivity contribution is 5.88. The molecule has 2 aromatic rings. The number of hydrogen-bond donors (Lipinski definition) is 2. The molecule has 178 valence electrons. The van der Waals surface area contributed by atoms with Crippen LogP contribution in [0.15, 0.2) is 36.4 Å². The number of rotatable bonds is 1. The molecule has 0 aliphatic carbocycles. The molecular weight excluding hydrogens is 396 g/mol. The van der Waals surface area contributed by atoms with Crippen molar-refractivity contribution >= 4 is 5.97 Å². The van der Waals surface area contributed by atoms with E-state index in [1.807, 2.05) is 20.8 Å². The fourth-order valence-electron chi connectivity index (χ4n) is 3.56. The van der Waals surface area contributed by atoms with Gasteiger partial charge in [0, 0.05) is 5.56 Å². The molecule has 0 heterocycles. The highest BCUT2D eigenvalue weighted by Gasteiger charge is 2.27. The molecule has 3 nitrogen and oxygen atoms in total. The summed E-state index contributed by atoms with van der Waals surface area (Å²) in [7, 11) is 0. The van der Waals surface area contributed by atoms with Gasteiger partial charge >= 0.3 is 5.97 Å². The molecule has 0 unspecified atom stereocenters. The van der Waals surface area contributed by atoms with Crippen molar-refractivity contribution in [2.75, 3.05) is 0 Å². The lowest BCUT2D eigenvalue weighted by atomic mass is 9.73. The predicted molar refractivity (Wildman–Crippen MR) is 136 cm³/mol. The lowest BCUT2D eigenvalue weighted by molar-refractivity contribution is 0.0696. The van der Waals surface area contributed by atoms with Gasteiger partial charge in [-0.15, -0.1) is 0 Å². The molecule has 0 aliphatic rings. The lowest BCUT2D eigenvalue weighted by Gasteiger charge is -2.32. The van der Waals surface area contributed by atoms with Crippen LogP contribution in [0.2, 0.25) is 0 Å². The predicted octanol–water partition coefficient (Wildman–Crippen LogP) is 7.97. The van der Waals surface area contributed by atoms with E-state index in [0.717, 1.165) is 0 Å². The van der Waals surface area contributed by atoms with Crippen molar-refractivity contribution < 1.29 is 15.0 Å². The first-order chi connectivity index (χ1) is 14.2. The van der Waals surface area contributed by atoms with Crippen molar-refractivity contribution in [3.05, 3.63) is 64.2 Å². The van der Waals surface area contributed by atoms with E-state index in [0.29, 0.717) is 5.56 Å². The van der Waals surface area contributed by atoms with E-state index in [4.69, 9.17) is 5.11 Å². The van der Waals surface area contributed by atoms with Crippen LogP contribution in [0.3, 0.4) is 0 Å². The first kappa shape index (κ1) is 27.7. The minimum Gasteiger partial charge on any atom is -0.508 e. The van der Waals surface area contributed by atoms with Gasteiger partial charge in [-0.3, -0.25) is 0 Å². The molecule has 3 heteroatoms. The molecule has 0 amide bonds. The summed E-state index contributed by atoms with van der Waals surface area (Å²) < 4.78 is 0. The molecule has 0 spiro atoms. The SMILES string of the molecule is CC(C)(C)c1cc(C(=O)O)ccc1O.CC(C)(C)c1ccc(C(C)(C)C)c(C(C)(C)C)c1. The van der Waals surface area contributed by atoms with Crippen LogP contribution < -0.4 is 0 Å². The molecule has 0 fully saturated rings. The van der Waals surface area contributed by atoms with Crippen molar-refractivity contribution in [2.45, 2.75) is 105 Å². The number of phenolic OH excluding ortho intramolecular Hbond substituents is 1. The summed E-state index contributed by atoms with van der Waals surface area (Å²) in [5.74, 6) is -0.835. The van der Waals surface area contributed by atoms with Crippen LogP contribution in [0, 0.1) is 0 Å². The van der Waals surface area contributed by atoms with Gasteiger partial charge in [0.25, 0.3) is 0 Å². The van der Waals surface area contributed by atoms with E-state index in [-0.39, 0.29) is 33.0 Å². The summed E-state index contributed by atoms with van der Waals surface area (Å²) in [6.07, 6.45) is 0. The topological polar surface area (TPSA) is 57.5 Å². The van der Waals surface area contributed by atoms with E-state index in [2.05, 4.69) is 80.5 Å². The summed E-state index contributed by atoms with van der Waals surface area (Å²) in [6.45, 7) is 26.5. The van der Waals surface area contributed by atoms with Crippen LogP contribution >= 0.6 is 0 Å². The Labute approximate surface area is 195 Å². The first-order valence-corrected chi connectivity index (χ1v) is 11.4. The third-order valence-electron chi connectivity index (χ3n) is 5.55. The molecule has 2 aromatic carbocycles. The molecular formula is C29H44O3. The molecule has 32 heavy (non-hydrogen) atoms. The molecule has 0 aliphatic heterocycles. The van der Waals surface area contributed by atoms with Crippen molar-refractivity contribution in [2.24, 2.45) is 0 Å². The number of aromatic carboxylic acids is 1. The van der Waals surface area contributed by atoms with Gasteiger partial charge in [-0.05, 0) is 56.5 Å². The highest BCUT2D eigenvalue weighted by atomic mass is 16.4. The minimum atomic E-state index is -0.976. The van der Waals surface area contributed by atoms with Gasteiger partial charge in [0.15, 0.2) is 0 Å². The van der Waals surface area contributed by atoms with E-state index in [1.54, 1.807) is 0 Å². The Kier molecular flexibility index (Phi) is 8.06. The zero-order chi connectivity index (χ0) is 25.3. The quantitative estimate of drug-likeness (QED) is 0.473. The Bertz CT molecular complexity index is 940. The number of carboxylic acid groups (broad SMARTS) is 1. The maximum Gasteiger partial charge on any atom is 0.335 e. The molecule has 2 rings (SSSR count). The maximum atomic E-state index is 10.7. The third kappa shape index (κ3) is 7.39. The van der Waals surface area contributed by atoms with E-state index >= 15 is 0 Å². The van der Waals surface area contributed by atoms with E-state index < -0.39 is 5.97 Å². The van der Waals surface area contributed by atoms with Crippen molar-refractivity contribution in [3.63, 3.8) is 0 Å². The lowest BCUT2D eigenvalue weighted by Crippen LogP contribution is -2.23. The Morgan fingerprint density at radius 2 is 1.06 bits per heavy atom. The van der Waals surface area contributed by atoms with Crippen LogP contribution in [0.25, 0.3) is 0 Å². The van der Waals surface area contributed by atoms with Crippen LogP contribution in [0.5, 0.6) is 5.75 Å². The first-order valence-electron chi connectivity index (χ1n) is 11.4. The molecule has 0 atom stereocenters. The fraction of sp³-hybridized carbons (Fsp3) is 0.552. The largest absolute Gasteiger partial charge is 0.508 e. The number of hydrogen-bond acceptors (Lipinski definition) is 2. The number of phenols is 1. The monoisotopic (exact) mass is 440 g/mol. The van der Waals surface area contributed by atoms with E-state index in [1.165, 1.54) is 34.9 Å². The second-order valence-electron chi connectivity index (χ2n) is 12.8. The minimum absolute atomic E-state index is 0.141. The van der Waals surface area contributed by atoms with Crippen LogP contribution in [-0.2, 0) is 21.7 Å². The Morgan fingerprint density at radius 1 is 0.594 bits per heavy atom. The van der Waals surface area contributed by atoms with Gasteiger partial charge in [-0.25, -0.2) is 4.79 Å². The Balaban J connectivity index is 0.000000330. The Morgan fingerprint density at radius 3 is 1.44 bits per heavy atom. The third-order valence-corrected chi connectivity index (χ3v) is 5.55. The van der Waals surface area contributed by atoms with E-state index in [9.17, 15) is 9.90 Å². The van der Waals surface area contributed by atoms with Gasteiger partial charge in [0.05, 0.1) is 5.56 Å². The summed E-state index contributed by atoms with van der Waals surface area (Å²) in [6, 6.07) is 11.4. The normalized spacial score (nSPS) is 12.8. The van der Waals surface area contributed by atoms with Crippen molar-refractivity contribution in [1.82, 2.24) is 0 Å². The van der Waals surface area contributed by atoms with Gasteiger partial charge in [-0.1, -0.05) is 101 Å². The number of benzene rings is 2. The summed E-state index contributed by atoms with van der Waals surface area (Å²) >= 11 is 0. The maximum absolute atomic E-state index is 10.7. The molecule has 0 bridgehead atoms. The average molecular weight is 441 g/mol. The molecule has 2 N–H and O–H groups in total. The van der Waals surface area contributed by atoms with Gasteiger partial charge in [0.1, 0.15) is 5.75 Å². The Hall–Kier alpha value is -2.29. The fourth-order valence-corrected chi connectivity index (χ4v) is 3.56. The average Bonchev–Trinajstić information content (AvgIpc) is 2.58. The summed E-state index contributed by atoms with van der Waals surface area (Å²) in [5.41, 5.74) is 5.62. The van der Waals surface area contributed by atoms with Gasteiger partial charge in [-0.2, -0.15) is 0 Å². The summed E-state index contributed by atoms with van der Waals surface area (Å²) in [5, 5.41) is 18.3. The molecule has 0 aromatic heterocycles. The highest BCUT2D eigenvalue weighted by Crippen LogP contribution is 2.36. The van der Waals surface area contributed by atoms with Crippen LogP contribution in [0.1, 0.15) is 116 Å². The van der Waals surface area contributed by atoms with Crippen molar-refractivity contribution in [1.29, 1.82) is 0 Å². The number of aromatic hydroxyl groups is 1. The molecule has 0 radical (unpaired) electrons. The smallest absolute Gasteiger partial charge is 0.335 e. The number of carbonyl (C=O) groups is 1. The molecule has 0 saturated carbocycles. The zero-order valence-corrected chi connectivity index (χ0v) is 22.3. The zero-order valence-electron chi connectivity index (χ0n) is 22.3. The van der Waals surface area contributed by atoms with Crippen LogP contribution in [0.4, 0.5) is 0 Å². The second kappa shape index (κ2) is 9.29. The second-order valence-corrected chi connectivity index (χ2v) is 12.8. The standard InChI is InChI=1S/C18H30.C11H14O3/c1-16(2,3)13-10-11-14(17(4,5)6)15(12-13)18(7,8)9;1-11(2,3)8-6-7(10(13)14)4-5-9(8)12/h10-12H,1-9H3;4-6,12H,1-3H3,(H,13,14).